The number of anilines is 1. The maximum atomic E-state index is 5.86. The Kier molecular flexibility index (Phi) is 3.62. The van der Waals surface area contributed by atoms with Crippen LogP contribution in [0.3, 0.4) is 0 Å². The minimum atomic E-state index is -0.351. The highest BCUT2D eigenvalue weighted by Crippen LogP contribution is 2.32. The third kappa shape index (κ3) is 2.75. The molecule has 94 valence electrons. The van der Waals surface area contributed by atoms with Gasteiger partial charge in [0, 0.05) is 18.4 Å². The molecule has 1 fully saturated rings. The number of ether oxygens (including phenoxy) is 1. The second-order valence-electron chi connectivity index (χ2n) is 4.89. The van der Waals surface area contributed by atoms with Gasteiger partial charge < -0.3 is 10.5 Å². The standard InChI is InChI=1S/C13H21N3O/c1-3-6-10-9-11(14)16-12(15-10)13(2)7-4-5-8-17-13/h9H,3-8H2,1-2H3,(H2,14,15,16). The summed E-state index contributed by atoms with van der Waals surface area (Å²) in [5, 5.41) is 0. The highest BCUT2D eigenvalue weighted by molar-refractivity contribution is 5.31. The summed E-state index contributed by atoms with van der Waals surface area (Å²) in [6.07, 6.45) is 5.27. The molecule has 4 nitrogen and oxygen atoms in total. The molecule has 1 aliphatic rings. The maximum Gasteiger partial charge on any atom is 0.162 e. The van der Waals surface area contributed by atoms with Crippen molar-refractivity contribution in [1.82, 2.24) is 9.97 Å². The van der Waals surface area contributed by atoms with Crippen LogP contribution in [-0.4, -0.2) is 16.6 Å². The monoisotopic (exact) mass is 235 g/mol. The molecule has 0 aromatic carbocycles. The van der Waals surface area contributed by atoms with E-state index < -0.39 is 0 Å². The van der Waals surface area contributed by atoms with E-state index in [2.05, 4.69) is 23.8 Å². The van der Waals surface area contributed by atoms with Crippen LogP contribution in [0, 0.1) is 0 Å². The molecule has 0 radical (unpaired) electrons. The predicted octanol–water partition coefficient (Wildman–Crippen LogP) is 2.43. The molecule has 2 N–H and O–H groups in total. The van der Waals surface area contributed by atoms with E-state index in [1.165, 1.54) is 0 Å². The predicted molar refractivity (Wildman–Crippen MR) is 67.6 cm³/mol. The topological polar surface area (TPSA) is 61.0 Å². The molecule has 1 unspecified atom stereocenters. The quantitative estimate of drug-likeness (QED) is 0.874. The Hall–Kier alpha value is -1.16. The van der Waals surface area contributed by atoms with Crippen LogP contribution >= 0.6 is 0 Å². The first-order chi connectivity index (χ1) is 8.14. The molecule has 2 rings (SSSR count). The van der Waals surface area contributed by atoms with E-state index in [0.717, 1.165) is 50.2 Å². The molecule has 0 saturated carbocycles. The van der Waals surface area contributed by atoms with E-state index in [9.17, 15) is 0 Å². The molecular formula is C13H21N3O. The highest BCUT2D eigenvalue weighted by atomic mass is 16.5. The normalized spacial score (nSPS) is 24.8. The van der Waals surface area contributed by atoms with Crippen molar-refractivity contribution < 1.29 is 4.74 Å². The molecular weight excluding hydrogens is 214 g/mol. The van der Waals surface area contributed by atoms with Crippen molar-refractivity contribution in [3.63, 3.8) is 0 Å². The van der Waals surface area contributed by atoms with Crippen molar-refractivity contribution in [1.29, 1.82) is 0 Å². The third-order valence-electron chi connectivity index (χ3n) is 3.25. The van der Waals surface area contributed by atoms with Crippen molar-refractivity contribution in [2.75, 3.05) is 12.3 Å². The summed E-state index contributed by atoms with van der Waals surface area (Å²) >= 11 is 0. The van der Waals surface area contributed by atoms with Gasteiger partial charge in [0.2, 0.25) is 0 Å². The van der Waals surface area contributed by atoms with E-state index in [1.54, 1.807) is 0 Å². The summed E-state index contributed by atoms with van der Waals surface area (Å²) in [7, 11) is 0. The van der Waals surface area contributed by atoms with Crippen LogP contribution in [0.4, 0.5) is 5.82 Å². The Bertz CT molecular complexity index is 386. The number of aryl methyl sites for hydroxylation is 1. The van der Waals surface area contributed by atoms with Crippen LogP contribution in [-0.2, 0) is 16.8 Å². The molecule has 0 amide bonds. The summed E-state index contributed by atoms with van der Waals surface area (Å²) in [4.78, 5) is 8.96. The van der Waals surface area contributed by atoms with Crippen molar-refractivity contribution >= 4 is 5.82 Å². The Morgan fingerprint density at radius 1 is 1.41 bits per heavy atom. The number of hydrogen-bond acceptors (Lipinski definition) is 4. The Labute approximate surface area is 103 Å². The second-order valence-corrected chi connectivity index (χ2v) is 4.89. The lowest BCUT2D eigenvalue weighted by molar-refractivity contribution is -0.0760. The van der Waals surface area contributed by atoms with Gasteiger partial charge in [-0.3, -0.25) is 0 Å². The number of rotatable bonds is 3. The Morgan fingerprint density at radius 2 is 2.24 bits per heavy atom. The molecule has 1 aromatic rings. The molecule has 4 heteroatoms. The fraction of sp³-hybridized carbons (Fsp3) is 0.692. The Balaban J connectivity index is 2.30. The van der Waals surface area contributed by atoms with Crippen LogP contribution in [0.2, 0.25) is 0 Å². The maximum absolute atomic E-state index is 5.86. The lowest BCUT2D eigenvalue weighted by Crippen LogP contribution is -2.32. The van der Waals surface area contributed by atoms with E-state index in [0.29, 0.717) is 5.82 Å². The van der Waals surface area contributed by atoms with Gasteiger partial charge in [-0.15, -0.1) is 0 Å². The van der Waals surface area contributed by atoms with Gasteiger partial charge in [0.1, 0.15) is 11.4 Å². The SMILES string of the molecule is CCCc1cc(N)nc(C2(C)CCCCO2)n1. The second kappa shape index (κ2) is 5.00. The highest BCUT2D eigenvalue weighted by Gasteiger charge is 2.33. The number of nitrogen functional groups attached to an aromatic ring is 1. The Morgan fingerprint density at radius 3 is 2.88 bits per heavy atom. The van der Waals surface area contributed by atoms with Crippen LogP contribution in [0.15, 0.2) is 6.07 Å². The molecule has 1 aromatic heterocycles. The smallest absolute Gasteiger partial charge is 0.162 e. The van der Waals surface area contributed by atoms with Gasteiger partial charge in [-0.25, -0.2) is 9.97 Å². The van der Waals surface area contributed by atoms with Crippen molar-refractivity contribution in [3.05, 3.63) is 17.6 Å². The lowest BCUT2D eigenvalue weighted by atomic mass is 9.95. The molecule has 0 spiro atoms. The van der Waals surface area contributed by atoms with Crippen LogP contribution < -0.4 is 5.73 Å². The van der Waals surface area contributed by atoms with Gasteiger partial charge in [-0.1, -0.05) is 13.3 Å². The van der Waals surface area contributed by atoms with Gasteiger partial charge in [0.15, 0.2) is 5.82 Å². The van der Waals surface area contributed by atoms with E-state index in [1.807, 2.05) is 6.07 Å². The first-order valence-corrected chi connectivity index (χ1v) is 6.42. The number of nitrogens with zero attached hydrogens (tertiary/aromatic N) is 2. The van der Waals surface area contributed by atoms with Gasteiger partial charge in [0.05, 0.1) is 0 Å². The van der Waals surface area contributed by atoms with Gasteiger partial charge in [-0.05, 0) is 32.6 Å². The largest absolute Gasteiger partial charge is 0.384 e. The minimum Gasteiger partial charge on any atom is -0.384 e. The zero-order chi connectivity index (χ0) is 12.3. The molecule has 1 saturated heterocycles. The van der Waals surface area contributed by atoms with E-state index >= 15 is 0 Å². The van der Waals surface area contributed by atoms with Crippen molar-refractivity contribution in [2.24, 2.45) is 0 Å². The zero-order valence-electron chi connectivity index (χ0n) is 10.7. The molecule has 0 aliphatic carbocycles. The minimum absolute atomic E-state index is 0.351. The van der Waals surface area contributed by atoms with Crippen LogP contribution in [0.25, 0.3) is 0 Å². The lowest BCUT2D eigenvalue weighted by Gasteiger charge is -2.32. The van der Waals surface area contributed by atoms with Crippen molar-refractivity contribution in [3.8, 4) is 0 Å². The summed E-state index contributed by atoms with van der Waals surface area (Å²) < 4.78 is 5.86. The average Bonchev–Trinajstić information content (AvgIpc) is 2.30. The number of hydrogen-bond donors (Lipinski definition) is 1. The van der Waals surface area contributed by atoms with Crippen LogP contribution in [0.1, 0.15) is 51.0 Å². The molecule has 17 heavy (non-hydrogen) atoms. The summed E-state index contributed by atoms with van der Waals surface area (Å²) in [6, 6.07) is 1.86. The first-order valence-electron chi connectivity index (χ1n) is 6.42. The van der Waals surface area contributed by atoms with Crippen molar-refractivity contribution in [2.45, 2.75) is 51.6 Å². The average molecular weight is 235 g/mol. The summed E-state index contributed by atoms with van der Waals surface area (Å²) in [6.45, 7) is 4.99. The first kappa shape index (κ1) is 12.3. The third-order valence-corrected chi connectivity index (χ3v) is 3.25. The number of aromatic nitrogens is 2. The van der Waals surface area contributed by atoms with Gasteiger partial charge in [0.25, 0.3) is 0 Å². The number of nitrogens with two attached hydrogens (primary N) is 1. The molecule has 2 heterocycles. The van der Waals surface area contributed by atoms with Gasteiger partial charge in [-0.2, -0.15) is 0 Å². The summed E-state index contributed by atoms with van der Waals surface area (Å²) in [5.74, 6) is 1.30. The van der Waals surface area contributed by atoms with E-state index in [4.69, 9.17) is 10.5 Å². The molecule has 0 bridgehead atoms. The fourth-order valence-electron chi connectivity index (χ4n) is 2.25. The summed E-state index contributed by atoms with van der Waals surface area (Å²) in [5.41, 5.74) is 6.52. The van der Waals surface area contributed by atoms with Crippen LogP contribution in [0.5, 0.6) is 0 Å². The fourth-order valence-corrected chi connectivity index (χ4v) is 2.25. The molecule has 1 atom stereocenters. The zero-order valence-corrected chi connectivity index (χ0v) is 10.7. The van der Waals surface area contributed by atoms with E-state index in [-0.39, 0.29) is 5.60 Å². The van der Waals surface area contributed by atoms with Gasteiger partial charge >= 0.3 is 0 Å². The molecule has 1 aliphatic heterocycles.